The summed E-state index contributed by atoms with van der Waals surface area (Å²) in [6.07, 6.45) is 1.54. The molecule has 2 aromatic rings. The number of rotatable bonds is 7. The van der Waals surface area contributed by atoms with Gasteiger partial charge in [-0.3, -0.25) is 10.1 Å². The van der Waals surface area contributed by atoms with Gasteiger partial charge in [-0.25, -0.2) is 0 Å². The quantitative estimate of drug-likeness (QED) is 0.440. The monoisotopic (exact) mass is 299 g/mol. The molecule has 0 unspecified atom stereocenters. The van der Waals surface area contributed by atoms with E-state index in [1.165, 1.54) is 0 Å². The van der Waals surface area contributed by atoms with Crippen LogP contribution in [0.4, 0.5) is 0 Å². The minimum absolute atomic E-state index is 0.218. The Morgan fingerprint density at radius 1 is 1.14 bits per heavy atom. The summed E-state index contributed by atoms with van der Waals surface area (Å²) in [5.74, 6) is -0.406. The first-order chi connectivity index (χ1) is 10.5. The number of aldehydes is 1. The van der Waals surface area contributed by atoms with Crippen molar-refractivity contribution >= 4 is 17.1 Å². The number of nitro groups is 1. The van der Waals surface area contributed by atoms with E-state index >= 15 is 0 Å². The van der Waals surface area contributed by atoms with Crippen LogP contribution in [-0.2, 0) is 4.79 Å². The molecule has 0 aliphatic rings. The van der Waals surface area contributed by atoms with Gasteiger partial charge in [-0.2, -0.15) is 0 Å². The van der Waals surface area contributed by atoms with Gasteiger partial charge in [0.2, 0.25) is 6.54 Å². The number of hydrogen-bond acceptors (Lipinski definition) is 3. The lowest BCUT2D eigenvalue weighted by Crippen LogP contribution is -2.24. The molecule has 2 aromatic carbocycles. The summed E-state index contributed by atoms with van der Waals surface area (Å²) in [6, 6.07) is 13.6. The van der Waals surface area contributed by atoms with E-state index in [2.05, 4.69) is 0 Å². The van der Waals surface area contributed by atoms with Crippen LogP contribution in [0.1, 0.15) is 31.7 Å². The van der Waals surface area contributed by atoms with Gasteiger partial charge in [-0.05, 0) is 28.7 Å². The highest BCUT2D eigenvalue weighted by Gasteiger charge is 2.29. The van der Waals surface area contributed by atoms with Gasteiger partial charge < -0.3 is 4.79 Å². The lowest BCUT2D eigenvalue weighted by atomic mass is 9.80. The molecule has 0 aliphatic heterocycles. The molecule has 0 aromatic heterocycles. The molecule has 0 amide bonds. The third-order valence-corrected chi connectivity index (χ3v) is 4.00. The molecule has 0 N–H and O–H groups in total. The van der Waals surface area contributed by atoms with Crippen LogP contribution in [0.2, 0.25) is 0 Å². The number of nitrogens with zero attached hydrogens (tertiary/aromatic N) is 1. The highest BCUT2D eigenvalue weighted by atomic mass is 16.6. The molecule has 0 saturated carbocycles. The van der Waals surface area contributed by atoms with Gasteiger partial charge in [0.25, 0.3) is 0 Å². The molecular weight excluding hydrogens is 278 g/mol. The van der Waals surface area contributed by atoms with Crippen molar-refractivity contribution in [2.75, 3.05) is 6.54 Å². The Hall–Kier alpha value is -2.23. The Morgan fingerprint density at radius 3 is 2.45 bits per heavy atom. The van der Waals surface area contributed by atoms with Gasteiger partial charge in [-0.1, -0.05) is 56.3 Å². The summed E-state index contributed by atoms with van der Waals surface area (Å²) in [5, 5.41) is 13.2. The maximum atomic E-state index is 11.6. The zero-order valence-electron chi connectivity index (χ0n) is 12.9. The molecule has 0 heterocycles. The summed E-state index contributed by atoms with van der Waals surface area (Å²) < 4.78 is 0. The zero-order valence-corrected chi connectivity index (χ0v) is 12.9. The van der Waals surface area contributed by atoms with Crippen LogP contribution < -0.4 is 0 Å². The Labute approximate surface area is 130 Å². The minimum atomic E-state index is -0.388. The van der Waals surface area contributed by atoms with Crippen molar-refractivity contribution < 1.29 is 9.72 Å². The highest BCUT2D eigenvalue weighted by molar-refractivity contribution is 5.86. The average molecular weight is 299 g/mol. The van der Waals surface area contributed by atoms with E-state index in [1.807, 2.05) is 56.3 Å². The Balaban J connectivity index is 2.51. The highest BCUT2D eigenvalue weighted by Crippen LogP contribution is 2.33. The van der Waals surface area contributed by atoms with Crippen LogP contribution in [0.15, 0.2) is 42.5 Å². The summed E-state index contributed by atoms with van der Waals surface area (Å²) >= 11 is 0. The Bertz CT molecular complexity index is 661. The average Bonchev–Trinajstić information content (AvgIpc) is 2.49. The SMILES string of the molecule is CC(C)C[C@H](C=O)[C@@H](C[N+](=O)[O-])c1cccc2ccccc12. The maximum absolute atomic E-state index is 11.6. The van der Waals surface area contributed by atoms with Crippen LogP contribution in [-0.4, -0.2) is 17.8 Å². The Morgan fingerprint density at radius 2 is 1.82 bits per heavy atom. The smallest absolute Gasteiger partial charge is 0.211 e. The molecule has 0 aliphatic carbocycles. The van der Waals surface area contributed by atoms with Crippen molar-refractivity contribution in [1.29, 1.82) is 0 Å². The fourth-order valence-electron chi connectivity index (χ4n) is 3.06. The van der Waals surface area contributed by atoms with Crippen LogP contribution in [0, 0.1) is 22.0 Å². The predicted octanol–water partition coefficient (Wildman–Crippen LogP) is 4.06. The Kier molecular flexibility index (Phi) is 5.26. The first kappa shape index (κ1) is 16.1. The summed E-state index contributed by atoms with van der Waals surface area (Å²) in [6.45, 7) is 3.84. The second-order valence-corrected chi connectivity index (χ2v) is 6.12. The topological polar surface area (TPSA) is 60.2 Å². The molecule has 4 heteroatoms. The molecule has 2 atom stereocenters. The predicted molar refractivity (Wildman–Crippen MR) is 87.6 cm³/mol. The number of carbonyl (C=O) groups excluding carboxylic acids is 1. The van der Waals surface area contributed by atoms with E-state index in [0.29, 0.717) is 12.3 Å². The summed E-state index contributed by atoms with van der Waals surface area (Å²) in [7, 11) is 0. The van der Waals surface area contributed by atoms with Crippen LogP contribution in [0.25, 0.3) is 10.8 Å². The molecule has 4 nitrogen and oxygen atoms in total. The first-order valence-corrected chi connectivity index (χ1v) is 7.57. The van der Waals surface area contributed by atoms with Crippen molar-refractivity contribution in [3.05, 3.63) is 58.1 Å². The largest absolute Gasteiger partial charge is 0.303 e. The molecule has 22 heavy (non-hydrogen) atoms. The fourth-order valence-corrected chi connectivity index (χ4v) is 3.06. The standard InChI is InChI=1S/C18H21NO3/c1-13(2)10-15(12-20)18(11-19(21)22)17-9-5-7-14-6-3-4-8-16(14)17/h3-9,12-13,15,18H,10-11H2,1-2H3/t15-,18-/m1/s1. The lowest BCUT2D eigenvalue weighted by Gasteiger charge is -2.23. The summed E-state index contributed by atoms with van der Waals surface area (Å²) in [5.41, 5.74) is 0.896. The number of benzene rings is 2. The molecular formula is C18H21NO3. The van der Waals surface area contributed by atoms with E-state index in [0.717, 1.165) is 22.6 Å². The van der Waals surface area contributed by atoms with Gasteiger partial charge in [-0.15, -0.1) is 0 Å². The van der Waals surface area contributed by atoms with Gasteiger partial charge in [0.05, 0.1) is 5.92 Å². The molecule has 116 valence electrons. The first-order valence-electron chi connectivity index (χ1n) is 7.57. The van der Waals surface area contributed by atoms with Crippen molar-refractivity contribution in [2.24, 2.45) is 11.8 Å². The third kappa shape index (κ3) is 3.70. The molecule has 2 rings (SSSR count). The molecule has 0 bridgehead atoms. The molecule has 0 radical (unpaired) electrons. The van der Waals surface area contributed by atoms with Crippen LogP contribution in [0.3, 0.4) is 0 Å². The molecule has 0 spiro atoms. The normalized spacial score (nSPS) is 14.0. The molecule has 0 fully saturated rings. The van der Waals surface area contributed by atoms with Gasteiger partial charge >= 0.3 is 0 Å². The van der Waals surface area contributed by atoms with Gasteiger partial charge in [0.15, 0.2) is 0 Å². The van der Waals surface area contributed by atoms with Crippen molar-refractivity contribution in [1.82, 2.24) is 0 Å². The van der Waals surface area contributed by atoms with E-state index in [4.69, 9.17) is 0 Å². The van der Waals surface area contributed by atoms with Crippen molar-refractivity contribution in [2.45, 2.75) is 26.2 Å². The van der Waals surface area contributed by atoms with Crippen LogP contribution in [0.5, 0.6) is 0 Å². The van der Waals surface area contributed by atoms with E-state index in [9.17, 15) is 14.9 Å². The van der Waals surface area contributed by atoms with E-state index in [1.54, 1.807) is 0 Å². The number of carbonyl (C=O) groups is 1. The lowest BCUT2D eigenvalue weighted by molar-refractivity contribution is -0.484. The van der Waals surface area contributed by atoms with Gasteiger partial charge in [0, 0.05) is 10.8 Å². The molecule has 0 saturated heterocycles. The zero-order chi connectivity index (χ0) is 16.1. The fraction of sp³-hybridized carbons (Fsp3) is 0.389. The van der Waals surface area contributed by atoms with E-state index < -0.39 is 0 Å². The van der Waals surface area contributed by atoms with Crippen molar-refractivity contribution in [3.63, 3.8) is 0 Å². The van der Waals surface area contributed by atoms with Crippen LogP contribution >= 0.6 is 0 Å². The van der Waals surface area contributed by atoms with Gasteiger partial charge in [0.1, 0.15) is 6.29 Å². The second kappa shape index (κ2) is 7.16. The second-order valence-electron chi connectivity index (χ2n) is 6.12. The maximum Gasteiger partial charge on any atom is 0.211 e. The van der Waals surface area contributed by atoms with E-state index in [-0.39, 0.29) is 23.3 Å². The number of fused-ring (bicyclic) bond motifs is 1. The summed E-state index contributed by atoms with van der Waals surface area (Å²) in [4.78, 5) is 22.3. The minimum Gasteiger partial charge on any atom is -0.303 e. The third-order valence-electron chi connectivity index (χ3n) is 4.00. The van der Waals surface area contributed by atoms with Crippen molar-refractivity contribution in [3.8, 4) is 0 Å². The number of hydrogen-bond donors (Lipinski definition) is 0.